The van der Waals surface area contributed by atoms with E-state index in [2.05, 4.69) is 4.90 Å². The van der Waals surface area contributed by atoms with Gasteiger partial charge in [-0.2, -0.15) is 0 Å². The second kappa shape index (κ2) is 3.17. The van der Waals surface area contributed by atoms with Gasteiger partial charge >= 0.3 is 0 Å². The summed E-state index contributed by atoms with van der Waals surface area (Å²) in [6, 6.07) is 1.32. The molecule has 0 saturated heterocycles. The van der Waals surface area contributed by atoms with Crippen LogP contribution in [-0.2, 0) is 6.42 Å². The molecule has 0 fully saturated rings. The minimum atomic E-state index is -0.739. The van der Waals surface area contributed by atoms with Gasteiger partial charge in [0.25, 0.3) is 0 Å². The van der Waals surface area contributed by atoms with Gasteiger partial charge in [-0.25, -0.2) is 8.78 Å². The molecule has 2 nitrogen and oxygen atoms in total. The van der Waals surface area contributed by atoms with Crippen molar-refractivity contribution in [1.29, 1.82) is 0 Å². The molecular weight excluding hydrogens is 210 g/mol. The van der Waals surface area contributed by atoms with E-state index in [-0.39, 0.29) is 12.0 Å². The van der Waals surface area contributed by atoms with Crippen LogP contribution in [0.3, 0.4) is 0 Å². The highest BCUT2D eigenvalue weighted by Crippen LogP contribution is 2.42. The second-order valence-corrected chi connectivity index (χ2v) is 4.74. The third-order valence-electron chi connectivity index (χ3n) is 3.83. The SMILES string of the molecule is CC1c2cc(F)c(F)c3c2N(CC3)CC1N. The normalized spacial score (nSPS) is 27.1. The summed E-state index contributed by atoms with van der Waals surface area (Å²) in [7, 11) is 0. The van der Waals surface area contributed by atoms with Crippen molar-refractivity contribution in [3.8, 4) is 0 Å². The van der Waals surface area contributed by atoms with Gasteiger partial charge in [0.2, 0.25) is 0 Å². The molecule has 1 aromatic carbocycles. The largest absolute Gasteiger partial charge is 0.369 e. The number of benzene rings is 1. The van der Waals surface area contributed by atoms with Crippen LogP contribution in [0, 0.1) is 11.6 Å². The van der Waals surface area contributed by atoms with Crippen LogP contribution < -0.4 is 10.6 Å². The van der Waals surface area contributed by atoms with Crippen molar-refractivity contribution in [1.82, 2.24) is 0 Å². The topological polar surface area (TPSA) is 29.3 Å². The summed E-state index contributed by atoms with van der Waals surface area (Å²) in [6.07, 6.45) is 0.589. The summed E-state index contributed by atoms with van der Waals surface area (Å²) in [6.45, 7) is 3.47. The Morgan fingerprint density at radius 2 is 2.19 bits per heavy atom. The maximum Gasteiger partial charge on any atom is 0.164 e. The van der Waals surface area contributed by atoms with E-state index in [1.807, 2.05) is 6.92 Å². The molecule has 2 heterocycles. The van der Waals surface area contributed by atoms with Crippen LogP contribution in [0.4, 0.5) is 14.5 Å². The van der Waals surface area contributed by atoms with Crippen LogP contribution >= 0.6 is 0 Å². The molecule has 2 unspecified atom stereocenters. The molecule has 3 rings (SSSR count). The number of anilines is 1. The molecule has 0 bridgehead atoms. The summed E-state index contributed by atoms with van der Waals surface area (Å²) in [4.78, 5) is 2.08. The number of hydrogen-bond acceptors (Lipinski definition) is 2. The molecule has 0 aromatic heterocycles. The lowest BCUT2D eigenvalue weighted by atomic mass is 9.87. The Labute approximate surface area is 93.0 Å². The smallest absolute Gasteiger partial charge is 0.164 e. The number of nitrogens with two attached hydrogens (primary N) is 1. The fourth-order valence-corrected chi connectivity index (χ4v) is 2.82. The maximum absolute atomic E-state index is 13.6. The molecular formula is C12H14F2N2. The zero-order valence-corrected chi connectivity index (χ0v) is 9.13. The van der Waals surface area contributed by atoms with Crippen molar-refractivity contribution in [3.63, 3.8) is 0 Å². The standard InChI is InChI=1S/C12H14F2N2/c1-6-8-4-9(13)11(14)7-2-3-16(12(7)8)5-10(6)15/h4,6,10H,2-3,5,15H2,1H3. The zero-order chi connectivity index (χ0) is 11.4. The fourth-order valence-electron chi connectivity index (χ4n) is 2.82. The van der Waals surface area contributed by atoms with Crippen LogP contribution in [0.15, 0.2) is 6.07 Å². The highest BCUT2D eigenvalue weighted by molar-refractivity contribution is 5.67. The average molecular weight is 224 g/mol. The van der Waals surface area contributed by atoms with Gasteiger partial charge in [0.15, 0.2) is 11.6 Å². The van der Waals surface area contributed by atoms with E-state index in [4.69, 9.17) is 5.73 Å². The first-order valence-corrected chi connectivity index (χ1v) is 5.61. The molecule has 86 valence electrons. The van der Waals surface area contributed by atoms with Gasteiger partial charge in [-0.15, -0.1) is 0 Å². The third-order valence-corrected chi connectivity index (χ3v) is 3.83. The molecule has 0 aliphatic carbocycles. The molecule has 16 heavy (non-hydrogen) atoms. The van der Waals surface area contributed by atoms with Crippen LogP contribution in [0.1, 0.15) is 24.0 Å². The number of nitrogens with zero attached hydrogens (tertiary/aromatic N) is 1. The van der Waals surface area contributed by atoms with E-state index < -0.39 is 11.6 Å². The van der Waals surface area contributed by atoms with Gasteiger partial charge in [-0.05, 0) is 18.1 Å². The van der Waals surface area contributed by atoms with Gasteiger partial charge in [-0.1, -0.05) is 6.92 Å². The van der Waals surface area contributed by atoms with E-state index in [9.17, 15) is 8.78 Å². The summed E-state index contributed by atoms with van der Waals surface area (Å²) >= 11 is 0. The Bertz CT molecular complexity index is 459. The Balaban J connectivity index is 2.26. The van der Waals surface area contributed by atoms with Crippen molar-refractivity contribution in [2.24, 2.45) is 5.73 Å². The monoisotopic (exact) mass is 224 g/mol. The summed E-state index contributed by atoms with van der Waals surface area (Å²) in [5.41, 5.74) is 8.31. The van der Waals surface area contributed by atoms with E-state index in [0.717, 1.165) is 24.3 Å². The van der Waals surface area contributed by atoms with Gasteiger partial charge in [0, 0.05) is 36.3 Å². The first kappa shape index (κ1) is 10.0. The Hall–Kier alpha value is -1.16. The van der Waals surface area contributed by atoms with Gasteiger partial charge in [0.05, 0.1) is 0 Å². The van der Waals surface area contributed by atoms with Crippen LogP contribution in [0.5, 0.6) is 0 Å². The summed E-state index contributed by atoms with van der Waals surface area (Å²) < 4.78 is 27.0. The van der Waals surface area contributed by atoms with Gasteiger partial charge < -0.3 is 10.6 Å². The Morgan fingerprint density at radius 1 is 1.44 bits per heavy atom. The highest BCUT2D eigenvalue weighted by atomic mass is 19.2. The van der Waals surface area contributed by atoms with E-state index >= 15 is 0 Å². The molecule has 0 spiro atoms. The minimum absolute atomic E-state index is 0.00307. The van der Waals surface area contributed by atoms with Gasteiger partial charge in [-0.3, -0.25) is 0 Å². The minimum Gasteiger partial charge on any atom is -0.369 e. The molecule has 4 heteroatoms. The molecule has 0 radical (unpaired) electrons. The van der Waals surface area contributed by atoms with Crippen LogP contribution in [0.25, 0.3) is 0 Å². The lowest BCUT2D eigenvalue weighted by Gasteiger charge is -2.36. The lowest BCUT2D eigenvalue weighted by molar-refractivity contribution is 0.491. The van der Waals surface area contributed by atoms with Crippen molar-refractivity contribution in [2.75, 3.05) is 18.0 Å². The molecule has 1 aromatic rings. The second-order valence-electron chi connectivity index (χ2n) is 4.74. The van der Waals surface area contributed by atoms with E-state index in [1.54, 1.807) is 0 Å². The lowest BCUT2D eigenvalue weighted by Crippen LogP contribution is -2.44. The van der Waals surface area contributed by atoms with Crippen molar-refractivity contribution in [2.45, 2.75) is 25.3 Å². The van der Waals surface area contributed by atoms with E-state index in [0.29, 0.717) is 12.0 Å². The quantitative estimate of drug-likeness (QED) is 0.727. The Morgan fingerprint density at radius 3 is 2.94 bits per heavy atom. The molecule has 2 aliphatic rings. The summed E-state index contributed by atoms with van der Waals surface area (Å²) in [5, 5.41) is 0. The zero-order valence-electron chi connectivity index (χ0n) is 9.13. The molecule has 0 saturated carbocycles. The maximum atomic E-state index is 13.6. The van der Waals surface area contributed by atoms with Crippen molar-refractivity contribution in [3.05, 3.63) is 28.8 Å². The molecule has 2 aliphatic heterocycles. The highest BCUT2D eigenvalue weighted by Gasteiger charge is 2.36. The van der Waals surface area contributed by atoms with Crippen molar-refractivity contribution >= 4 is 5.69 Å². The molecule has 2 atom stereocenters. The van der Waals surface area contributed by atoms with Crippen molar-refractivity contribution < 1.29 is 8.78 Å². The Kier molecular flexibility index (Phi) is 1.98. The number of rotatable bonds is 0. The van der Waals surface area contributed by atoms with Gasteiger partial charge in [0.1, 0.15) is 0 Å². The summed E-state index contributed by atoms with van der Waals surface area (Å²) in [5.74, 6) is -1.32. The number of halogens is 2. The number of hydrogen-bond donors (Lipinski definition) is 1. The predicted molar refractivity (Wildman–Crippen MR) is 58.7 cm³/mol. The third kappa shape index (κ3) is 1.13. The van der Waals surface area contributed by atoms with E-state index in [1.165, 1.54) is 6.07 Å². The fraction of sp³-hybridized carbons (Fsp3) is 0.500. The molecule has 0 amide bonds. The van der Waals surface area contributed by atoms with Crippen LogP contribution in [0.2, 0.25) is 0 Å². The molecule has 2 N–H and O–H groups in total. The van der Waals surface area contributed by atoms with Crippen LogP contribution in [-0.4, -0.2) is 19.1 Å². The first-order valence-electron chi connectivity index (χ1n) is 5.61. The average Bonchev–Trinajstić information content (AvgIpc) is 2.66. The first-order chi connectivity index (χ1) is 7.59. The predicted octanol–water partition coefficient (Wildman–Crippen LogP) is 1.77.